The summed E-state index contributed by atoms with van der Waals surface area (Å²) in [6.07, 6.45) is 0.151. The molecule has 1 aliphatic carbocycles. The van der Waals surface area contributed by atoms with Crippen LogP contribution < -0.4 is 0 Å². The van der Waals surface area contributed by atoms with E-state index in [0.717, 1.165) is 0 Å². The van der Waals surface area contributed by atoms with Gasteiger partial charge < -0.3 is 4.84 Å². The van der Waals surface area contributed by atoms with Crippen LogP contribution in [0.25, 0.3) is 0 Å². The number of fused-ring (bicyclic) bond motifs is 1. The van der Waals surface area contributed by atoms with Crippen molar-refractivity contribution in [2.75, 3.05) is 0 Å². The zero-order valence-corrected chi connectivity index (χ0v) is 14.2. The first-order valence-electron chi connectivity index (χ1n) is 7.88. The number of hydrogen-bond donors (Lipinski definition) is 0. The molecule has 1 fully saturated rings. The molecular formula is C18H13NO6S. The van der Waals surface area contributed by atoms with Gasteiger partial charge in [-0.15, -0.1) is 0 Å². The summed E-state index contributed by atoms with van der Waals surface area (Å²) in [6, 6.07) is 13.6. The molecule has 2 aromatic rings. The lowest BCUT2D eigenvalue weighted by atomic mass is 10.1. The second-order valence-electron chi connectivity index (χ2n) is 6.14. The van der Waals surface area contributed by atoms with Gasteiger partial charge in [-0.2, -0.15) is 0 Å². The van der Waals surface area contributed by atoms with E-state index in [2.05, 4.69) is 0 Å². The van der Waals surface area contributed by atoms with Crippen LogP contribution in [0.3, 0.4) is 0 Å². The van der Waals surface area contributed by atoms with Crippen LogP contribution in [0.1, 0.15) is 33.6 Å². The van der Waals surface area contributed by atoms with E-state index >= 15 is 0 Å². The van der Waals surface area contributed by atoms with E-state index in [1.807, 2.05) is 0 Å². The zero-order chi connectivity index (χ0) is 18.5. The minimum atomic E-state index is -3.99. The Hall–Kier alpha value is -3.00. The minimum absolute atomic E-state index is 0.00295. The quantitative estimate of drug-likeness (QED) is 0.760. The number of hydrogen-bond acceptors (Lipinski definition) is 6. The van der Waals surface area contributed by atoms with Crippen molar-refractivity contribution in [1.82, 2.24) is 5.06 Å². The first-order chi connectivity index (χ1) is 12.4. The Morgan fingerprint density at radius 1 is 0.885 bits per heavy atom. The maximum Gasteiger partial charge on any atom is 0.354 e. The first-order valence-corrected chi connectivity index (χ1v) is 9.37. The molecule has 26 heavy (non-hydrogen) atoms. The van der Waals surface area contributed by atoms with Crippen molar-refractivity contribution >= 4 is 27.6 Å². The summed E-state index contributed by atoms with van der Waals surface area (Å²) in [5.41, 5.74) is 0.224. The molecule has 8 heteroatoms. The molecule has 2 aliphatic rings. The van der Waals surface area contributed by atoms with Crippen LogP contribution in [0.5, 0.6) is 0 Å². The summed E-state index contributed by atoms with van der Waals surface area (Å²) in [4.78, 5) is 42.1. The van der Waals surface area contributed by atoms with Gasteiger partial charge in [-0.25, -0.2) is 13.2 Å². The van der Waals surface area contributed by atoms with Gasteiger partial charge in [0.1, 0.15) is 0 Å². The number of amides is 2. The average Bonchev–Trinajstić information content (AvgIpc) is 3.44. The summed E-state index contributed by atoms with van der Waals surface area (Å²) in [7, 11) is -3.99. The number of nitrogens with zero attached hydrogens (tertiary/aromatic N) is 1. The number of carbonyl (C=O) groups excluding carboxylic acids is 3. The van der Waals surface area contributed by atoms with E-state index in [1.165, 1.54) is 24.3 Å². The molecule has 132 valence electrons. The lowest BCUT2D eigenvalue weighted by Gasteiger charge is -2.18. The summed E-state index contributed by atoms with van der Waals surface area (Å²) in [6.45, 7) is 0. The molecule has 2 aromatic carbocycles. The second-order valence-corrected chi connectivity index (χ2v) is 8.40. The van der Waals surface area contributed by atoms with Gasteiger partial charge in [-0.3, -0.25) is 9.59 Å². The fraction of sp³-hybridized carbons (Fsp3) is 0.167. The molecule has 2 amide bonds. The summed E-state index contributed by atoms with van der Waals surface area (Å²) in [5, 5.41) is 0.341. The van der Waals surface area contributed by atoms with Crippen molar-refractivity contribution in [3.8, 4) is 0 Å². The molecule has 4 rings (SSSR count). The number of carbonyl (C=O) groups is 3. The third-order valence-corrected chi connectivity index (χ3v) is 7.07. The maximum absolute atomic E-state index is 12.8. The summed E-state index contributed by atoms with van der Waals surface area (Å²) >= 11 is 0. The van der Waals surface area contributed by atoms with Gasteiger partial charge in [-0.1, -0.05) is 35.4 Å². The molecule has 0 N–H and O–H groups in total. The van der Waals surface area contributed by atoms with E-state index in [1.54, 1.807) is 30.3 Å². The Morgan fingerprint density at radius 3 is 1.88 bits per heavy atom. The van der Waals surface area contributed by atoms with Gasteiger partial charge >= 0.3 is 5.97 Å². The lowest BCUT2D eigenvalue weighted by Crippen LogP contribution is -2.41. The molecule has 1 heterocycles. The fourth-order valence-corrected chi connectivity index (χ4v) is 4.80. The third-order valence-electron chi connectivity index (χ3n) is 4.58. The second kappa shape index (κ2) is 5.50. The monoisotopic (exact) mass is 371 g/mol. The Kier molecular flexibility index (Phi) is 3.48. The third kappa shape index (κ3) is 2.19. The number of hydroxylamine groups is 2. The van der Waals surface area contributed by atoms with Crippen molar-refractivity contribution in [3.63, 3.8) is 0 Å². The van der Waals surface area contributed by atoms with Crippen LogP contribution in [-0.2, 0) is 19.5 Å². The molecule has 1 aliphatic heterocycles. The fourth-order valence-electron chi connectivity index (χ4n) is 2.94. The largest absolute Gasteiger partial charge is 0.354 e. The van der Waals surface area contributed by atoms with Crippen LogP contribution in [-0.4, -0.2) is 36.0 Å². The van der Waals surface area contributed by atoms with Gasteiger partial charge in [0.2, 0.25) is 0 Å². The summed E-state index contributed by atoms with van der Waals surface area (Å²) < 4.78 is 23.9. The van der Waals surface area contributed by atoms with Gasteiger partial charge in [-0.05, 0) is 37.1 Å². The van der Waals surface area contributed by atoms with Crippen molar-refractivity contribution in [2.45, 2.75) is 22.5 Å². The topological polar surface area (TPSA) is 97.8 Å². The Morgan fingerprint density at radius 2 is 1.38 bits per heavy atom. The van der Waals surface area contributed by atoms with E-state index in [9.17, 15) is 22.8 Å². The smallest absolute Gasteiger partial charge is 0.328 e. The van der Waals surface area contributed by atoms with Crippen molar-refractivity contribution in [3.05, 3.63) is 65.7 Å². The normalized spacial score (nSPS) is 17.8. The van der Waals surface area contributed by atoms with Crippen molar-refractivity contribution in [1.29, 1.82) is 0 Å². The zero-order valence-electron chi connectivity index (χ0n) is 13.4. The van der Waals surface area contributed by atoms with E-state index in [-0.39, 0.29) is 28.9 Å². The van der Waals surface area contributed by atoms with Gasteiger partial charge in [0.25, 0.3) is 11.8 Å². The highest BCUT2D eigenvalue weighted by atomic mass is 32.2. The Balaban J connectivity index is 1.62. The molecule has 0 unspecified atom stereocenters. The highest BCUT2D eigenvalue weighted by Gasteiger charge is 2.64. The SMILES string of the molecule is O=C1c2ccccc2C(=O)N1OC(=O)C1(S(=O)(=O)c2ccccc2)CC1. The molecule has 7 nitrogen and oxygen atoms in total. The highest BCUT2D eigenvalue weighted by molar-refractivity contribution is 7.94. The van der Waals surface area contributed by atoms with E-state index in [4.69, 9.17) is 4.84 Å². The van der Waals surface area contributed by atoms with Crippen LogP contribution >= 0.6 is 0 Å². The molecule has 0 saturated heterocycles. The number of rotatable bonds is 4. The van der Waals surface area contributed by atoms with Crippen LogP contribution in [0.4, 0.5) is 0 Å². The number of imide groups is 1. The van der Waals surface area contributed by atoms with Crippen molar-refractivity contribution < 1.29 is 27.6 Å². The molecule has 0 atom stereocenters. The number of benzene rings is 2. The Labute approximate surface area is 149 Å². The standard InChI is InChI=1S/C18H13NO6S/c20-15-13-8-4-5-9-14(13)16(21)19(15)25-17(22)18(10-11-18)26(23,24)12-6-2-1-3-7-12/h1-9H,10-11H2. The molecule has 1 saturated carbocycles. The minimum Gasteiger partial charge on any atom is -0.328 e. The molecule has 0 spiro atoms. The Bertz CT molecular complexity index is 1010. The van der Waals surface area contributed by atoms with Gasteiger partial charge in [0, 0.05) is 0 Å². The lowest BCUT2D eigenvalue weighted by molar-refractivity contribution is -0.168. The predicted octanol–water partition coefficient (Wildman–Crippen LogP) is 1.75. The van der Waals surface area contributed by atoms with Crippen LogP contribution in [0.2, 0.25) is 0 Å². The van der Waals surface area contributed by atoms with Crippen LogP contribution in [0, 0.1) is 0 Å². The molecule has 0 bridgehead atoms. The van der Waals surface area contributed by atoms with E-state index < -0.39 is 32.4 Å². The van der Waals surface area contributed by atoms with Gasteiger partial charge in [0.15, 0.2) is 14.6 Å². The molecule has 0 radical (unpaired) electrons. The number of sulfone groups is 1. The van der Waals surface area contributed by atoms with E-state index in [0.29, 0.717) is 5.06 Å². The van der Waals surface area contributed by atoms with Crippen LogP contribution in [0.15, 0.2) is 59.5 Å². The molecule has 0 aromatic heterocycles. The average molecular weight is 371 g/mol. The summed E-state index contributed by atoms with van der Waals surface area (Å²) in [5.74, 6) is -2.69. The maximum atomic E-state index is 12.8. The molecular weight excluding hydrogens is 358 g/mol. The van der Waals surface area contributed by atoms with Crippen molar-refractivity contribution in [2.24, 2.45) is 0 Å². The predicted molar refractivity (Wildman–Crippen MR) is 88.6 cm³/mol. The first kappa shape index (κ1) is 16.5. The van der Waals surface area contributed by atoms with Gasteiger partial charge in [0.05, 0.1) is 16.0 Å². The highest BCUT2D eigenvalue weighted by Crippen LogP contribution is 2.48.